The van der Waals surface area contributed by atoms with Crippen molar-refractivity contribution in [2.24, 2.45) is 0 Å². The SMILES string of the molecule is O=S(=O)(c1ccccc1)C1C[C@H]2CC[C@@H](C1)N2S(=O)(=O)c1ccc(F)c(F)c1. The van der Waals surface area contributed by atoms with E-state index in [4.69, 9.17) is 0 Å². The highest BCUT2D eigenvalue weighted by molar-refractivity contribution is 7.92. The second kappa shape index (κ2) is 6.89. The number of halogens is 2. The molecule has 0 spiro atoms. The first-order valence-electron chi connectivity index (χ1n) is 8.99. The van der Waals surface area contributed by atoms with E-state index in [0.717, 1.165) is 12.1 Å². The molecule has 5 nitrogen and oxygen atoms in total. The predicted molar refractivity (Wildman–Crippen MR) is 98.8 cm³/mol. The van der Waals surface area contributed by atoms with Crippen LogP contribution in [0.2, 0.25) is 0 Å². The molecule has 2 aromatic rings. The Hall–Kier alpha value is -1.84. The van der Waals surface area contributed by atoms with Gasteiger partial charge in [-0.25, -0.2) is 25.6 Å². The molecule has 0 aliphatic carbocycles. The molecule has 2 fully saturated rings. The lowest BCUT2D eigenvalue weighted by molar-refractivity contribution is 0.249. The molecule has 28 heavy (non-hydrogen) atoms. The first kappa shape index (κ1) is 19.5. The highest BCUT2D eigenvalue weighted by Crippen LogP contribution is 2.42. The Bertz CT molecular complexity index is 1090. The van der Waals surface area contributed by atoms with Gasteiger partial charge in [0.1, 0.15) is 0 Å². The van der Waals surface area contributed by atoms with E-state index in [-0.39, 0.29) is 22.6 Å². The van der Waals surface area contributed by atoms with Crippen LogP contribution in [-0.2, 0) is 19.9 Å². The van der Waals surface area contributed by atoms with Gasteiger partial charge in [0, 0.05) is 12.1 Å². The maximum Gasteiger partial charge on any atom is 0.243 e. The number of hydrogen-bond acceptors (Lipinski definition) is 4. The number of sulfone groups is 1. The zero-order chi connectivity index (χ0) is 20.1. The molecule has 2 aromatic carbocycles. The van der Waals surface area contributed by atoms with Gasteiger partial charge < -0.3 is 0 Å². The number of rotatable bonds is 4. The van der Waals surface area contributed by atoms with Gasteiger partial charge in [0.05, 0.1) is 15.0 Å². The Morgan fingerprint density at radius 1 is 0.786 bits per heavy atom. The fourth-order valence-electron chi connectivity index (χ4n) is 4.29. The highest BCUT2D eigenvalue weighted by Gasteiger charge is 2.50. The average molecular weight is 427 g/mol. The van der Waals surface area contributed by atoms with Crippen molar-refractivity contribution in [1.82, 2.24) is 4.31 Å². The minimum Gasteiger partial charge on any atom is -0.223 e. The van der Waals surface area contributed by atoms with E-state index in [1.807, 2.05) is 0 Å². The van der Waals surface area contributed by atoms with E-state index in [1.165, 1.54) is 4.31 Å². The summed E-state index contributed by atoms with van der Waals surface area (Å²) in [6.07, 6.45) is 1.48. The van der Waals surface area contributed by atoms with Crippen molar-refractivity contribution in [2.45, 2.75) is 52.8 Å². The lowest BCUT2D eigenvalue weighted by Gasteiger charge is -2.37. The van der Waals surface area contributed by atoms with Crippen molar-refractivity contribution in [3.8, 4) is 0 Å². The zero-order valence-electron chi connectivity index (χ0n) is 14.8. The highest BCUT2D eigenvalue weighted by atomic mass is 32.2. The molecule has 0 radical (unpaired) electrons. The van der Waals surface area contributed by atoms with Crippen molar-refractivity contribution in [2.75, 3.05) is 0 Å². The molecular formula is C19H19F2NO4S2. The topological polar surface area (TPSA) is 71.5 Å². The summed E-state index contributed by atoms with van der Waals surface area (Å²) in [5.74, 6) is -2.34. The van der Waals surface area contributed by atoms with Gasteiger partial charge in [-0.1, -0.05) is 18.2 Å². The molecule has 4 rings (SSSR count). The van der Waals surface area contributed by atoms with E-state index in [1.54, 1.807) is 30.3 Å². The quantitative estimate of drug-likeness (QED) is 0.752. The second-order valence-electron chi connectivity index (χ2n) is 7.25. The predicted octanol–water partition coefficient (Wildman–Crippen LogP) is 3.12. The van der Waals surface area contributed by atoms with Crippen LogP contribution in [-0.4, -0.2) is 38.5 Å². The standard InChI is InChI=1S/C19H19F2NO4S2/c20-18-9-8-16(12-19(18)21)28(25,26)22-13-6-7-14(22)11-17(10-13)27(23,24)15-4-2-1-3-5-15/h1-5,8-9,12-14,17H,6-7,10-11H2/t13-,14+,17?. The number of piperidine rings is 1. The molecule has 0 aromatic heterocycles. The molecule has 2 aliphatic rings. The van der Waals surface area contributed by atoms with Crippen LogP contribution in [0.5, 0.6) is 0 Å². The van der Waals surface area contributed by atoms with Crippen molar-refractivity contribution in [3.05, 3.63) is 60.2 Å². The summed E-state index contributed by atoms with van der Waals surface area (Å²) in [5.41, 5.74) is 0. The Balaban J connectivity index is 1.63. The molecule has 150 valence electrons. The fourth-order valence-corrected chi connectivity index (χ4v) is 8.07. The largest absolute Gasteiger partial charge is 0.243 e. The van der Waals surface area contributed by atoms with Crippen LogP contribution in [0.4, 0.5) is 8.78 Å². The number of fused-ring (bicyclic) bond motifs is 2. The van der Waals surface area contributed by atoms with Gasteiger partial charge in [-0.3, -0.25) is 0 Å². The van der Waals surface area contributed by atoms with Crippen LogP contribution < -0.4 is 0 Å². The summed E-state index contributed by atoms with van der Waals surface area (Å²) in [7, 11) is -7.60. The van der Waals surface area contributed by atoms with Crippen LogP contribution in [0.3, 0.4) is 0 Å². The minimum atomic E-state index is -4.04. The summed E-state index contributed by atoms with van der Waals surface area (Å²) in [5, 5.41) is -0.663. The normalized spacial score (nSPS) is 25.7. The summed E-state index contributed by atoms with van der Waals surface area (Å²) in [6.45, 7) is 0. The molecule has 1 unspecified atom stereocenters. The maximum atomic E-state index is 13.6. The lowest BCUT2D eigenvalue weighted by atomic mass is 10.1. The molecule has 2 aliphatic heterocycles. The Morgan fingerprint density at radius 2 is 1.39 bits per heavy atom. The minimum absolute atomic E-state index is 0.191. The van der Waals surface area contributed by atoms with Gasteiger partial charge in [-0.2, -0.15) is 4.31 Å². The molecule has 9 heteroatoms. The molecule has 0 amide bonds. The summed E-state index contributed by atoms with van der Waals surface area (Å²) >= 11 is 0. The van der Waals surface area contributed by atoms with E-state index in [0.29, 0.717) is 18.9 Å². The molecular weight excluding hydrogens is 408 g/mol. The van der Waals surface area contributed by atoms with Gasteiger partial charge in [0.2, 0.25) is 10.0 Å². The Labute approximate surface area is 163 Å². The summed E-state index contributed by atoms with van der Waals surface area (Å²) in [4.78, 5) is -0.0796. The van der Waals surface area contributed by atoms with Crippen LogP contribution in [0.1, 0.15) is 25.7 Å². The van der Waals surface area contributed by atoms with E-state index >= 15 is 0 Å². The number of hydrogen-bond donors (Lipinski definition) is 0. The number of sulfonamides is 1. The molecule has 2 heterocycles. The molecule has 3 atom stereocenters. The zero-order valence-corrected chi connectivity index (χ0v) is 16.5. The first-order valence-corrected chi connectivity index (χ1v) is 12.0. The van der Waals surface area contributed by atoms with Crippen LogP contribution in [0.15, 0.2) is 58.3 Å². The van der Waals surface area contributed by atoms with Crippen molar-refractivity contribution in [1.29, 1.82) is 0 Å². The van der Waals surface area contributed by atoms with Crippen LogP contribution in [0, 0.1) is 11.6 Å². The van der Waals surface area contributed by atoms with Gasteiger partial charge in [0.15, 0.2) is 21.5 Å². The monoisotopic (exact) mass is 427 g/mol. The number of nitrogens with zero attached hydrogens (tertiary/aromatic N) is 1. The van der Waals surface area contributed by atoms with Gasteiger partial charge in [-0.05, 0) is 56.0 Å². The first-order chi connectivity index (χ1) is 13.2. The molecule has 0 N–H and O–H groups in total. The van der Waals surface area contributed by atoms with Crippen LogP contribution >= 0.6 is 0 Å². The molecule has 2 bridgehead atoms. The van der Waals surface area contributed by atoms with E-state index in [2.05, 4.69) is 0 Å². The Kier molecular flexibility index (Phi) is 4.79. The fraction of sp³-hybridized carbons (Fsp3) is 0.368. The van der Waals surface area contributed by atoms with E-state index < -0.39 is 48.8 Å². The van der Waals surface area contributed by atoms with Gasteiger partial charge in [0.25, 0.3) is 0 Å². The third-order valence-electron chi connectivity index (χ3n) is 5.60. The summed E-state index contributed by atoms with van der Waals surface area (Å²) < 4.78 is 80.0. The maximum absolute atomic E-state index is 13.6. The molecule has 0 saturated carbocycles. The average Bonchev–Trinajstić information content (AvgIpc) is 2.95. The van der Waals surface area contributed by atoms with Crippen molar-refractivity contribution in [3.63, 3.8) is 0 Å². The Morgan fingerprint density at radius 3 is 1.96 bits per heavy atom. The van der Waals surface area contributed by atoms with Gasteiger partial charge in [-0.15, -0.1) is 0 Å². The lowest BCUT2D eigenvalue weighted by Crippen LogP contribution is -2.49. The third kappa shape index (κ3) is 3.15. The third-order valence-corrected chi connectivity index (χ3v) is 9.79. The van der Waals surface area contributed by atoms with Crippen molar-refractivity contribution >= 4 is 19.9 Å². The smallest absolute Gasteiger partial charge is 0.223 e. The number of benzene rings is 2. The van der Waals surface area contributed by atoms with Crippen LogP contribution in [0.25, 0.3) is 0 Å². The van der Waals surface area contributed by atoms with Gasteiger partial charge >= 0.3 is 0 Å². The van der Waals surface area contributed by atoms with Crippen molar-refractivity contribution < 1.29 is 25.6 Å². The summed E-state index contributed by atoms with van der Waals surface area (Å²) in [6, 6.07) is 9.70. The molecule has 2 saturated heterocycles. The second-order valence-corrected chi connectivity index (χ2v) is 11.3. The van der Waals surface area contributed by atoms with E-state index in [9.17, 15) is 25.6 Å².